The molecule has 0 aliphatic rings. The lowest BCUT2D eigenvalue weighted by Crippen LogP contribution is -2.61. The maximum Gasteiger partial charge on any atom is 0.422 e. The lowest BCUT2D eigenvalue weighted by Gasteiger charge is -2.28. The second-order valence-corrected chi connectivity index (χ2v) is 4.59. The molecule has 5 nitrogen and oxygen atoms in total. The number of alkyl halides is 3. The second-order valence-electron chi connectivity index (χ2n) is 4.19. The molecule has 0 aliphatic carbocycles. The second kappa shape index (κ2) is 5.28. The summed E-state index contributed by atoms with van der Waals surface area (Å²) in [5.74, 6) is -3.50. The average molecular weight is 311 g/mol. The fourth-order valence-electron chi connectivity index (χ4n) is 1.23. The van der Waals surface area contributed by atoms with E-state index in [1.165, 1.54) is 11.4 Å². The van der Waals surface area contributed by atoms with Gasteiger partial charge in [0.25, 0.3) is 5.91 Å². The number of hydrogen-bond donors (Lipinski definition) is 2. The van der Waals surface area contributed by atoms with Crippen LogP contribution in [0.1, 0.15) is 23.0 Å². The third-order valence-corrected chi connectivity index (χ3v) is 2.91. The van der Waals surface area contributed by atoms with Crippen molar-refractivity contribution in [3.8, 4) is 0 Å². The monoisotopic (exact) mass is 310 g/mol. The number of pyridine rings is 1. The van der Waals surface area contributed by atoms with Crippen LogP contribution in [0.4, 0.5) is 13.2 Å². The standard InChI is InChI=1S/C11H10ClF3N2O3/c1-5-3-7(12)6(4-16-5)8(18)17-10(2,9(19)20)11(13,14)15/h3-4H,1-2H3,(H,17,18)(H,19,20). The Hall–Kier alpha value is -1.83. The van der Waals surface area contributed by atoms with Crippen LogP contribution in [0.2, 0.25) is 5.02 Å². The zero-order chi connectivity index (χ0) is 15.7. The van der Waals surface area contributed by atoms with E-state index in [2.05, 4.69) is 4.98 Å². The molecule has 0 saturated heterocycles. The number of aliphatic carboxylic acids is 1. The first-order chi connectivity index (χ1) is 8.99. The highest BCUT2D eigenvalue weighted by molar-refractivity contribution is 6.33. The summed E-state index contributed by atoms with van der Waals surface area (Å²) in [6, 6.07) is 1.28. The summed E-state index contributed by atoms with van der Waals surface area (Å²) in [6.07, 6.45) is -4.19. The molecule has 0 bridgehead atoms. The molecule has 9 heteroatoms. The molecule has 1 aromatic rings. The molecule has 2 N–H and O–H groups in total. The SMILES string of the molecule is Cc1cc(Cl)c(C(=O)NC(C)(C(=O)O)C(F)(F)F)cn1. The summed E-state index contributed by atoms with van der Waals surface area (Å²) in [7, 11) is 0. The van der Waals surface area contributed by atoms with Gasteiger partial charge in [-0.3, -0.25) is 9.78 Å². The van der Waals surface area contributed by atoms with Gasteiger partial charge in [0.05, 0.1) is 10.6 Å². The Balaban J connectivity index is 3.13. The number of amides is 1. The largest absolute Gasteiger partial charge is 0.479 e. The van der Waals surface area contributed by atoms with Crippen molar-refractivity contribution in [1.82, 2.24) is 10.3 Å². The van der Waals surface area contributed by atoms with Crippen LogP contribution in [-0.4, -0.2) is 33.7 Å². The fraction of sp³-hybridized carbons (Fsp3) is 0.364. The molecule has 1 amide bonds. The van der Waals surface area contributed by atoms with E-state index in [4.69, 9.17) is 16.7 Å². The van der Waals surface area contributed by atoms with Gasteiger partial charge in [0.15, 0.2) is 0 Å². The molecular formula is C11H10ClF3N2O3. The van der Waals surface area contributed by atoms with Crippen LogP contribution in [0.3, 0.4) is 0 Å². The number of nitrogens with one attached hydrogen (secondary N) is 1. The average Bonchev–Trinajstić information content (AvgIpc) is 2.26. The van der Waals surface area contributed by atoms with Crippen molar-refractivity contribution in [1.29, 1.82) is 0 Å². The van der Waals surface area contributed by atoms with Crippen molar-refractivity contribution in [3.05, 3.63) is 28.5 Å². The molecule has 0 aromatic carbocycles. The van der Waals surface area contributed by atoms with Crippen LogP contribution in [0.15, 0.2) is 12.3 Å². The summed E-state index contributed by atoms with van der Waals surface area (Å²) in [6.45, 7) is 1.92. The highest BCUT2D eigenvalue weighted by Crippen LogP contribution is 2.31. The Bertz CT molecular complexity index is 562. The number of hydrogen-bond acceptors (Lipinski definition) is 3. The number of rotatable bonds is 3. The predicted molar refractivity (Wildman–Crippen MR) is 63.5 cm³/mol. The van der Waals surface area contributed by atoms with Crippen molar-refractivity contribution >= 4 is 23.5 Å². The van der Waals surface area contributed by atoms with Crippen molar-refractivity contribution in [3.63, 3.8) is 0 Å². The van der Waals surface area contributed by atoms with Gasteiger partial charge in [0.2, 0.25) is 5.54 Å². The number of carbonyl (C=O) groups is 2. The molecule has 1 heterocycles. The summed E-state index contributed by atoms with van der Waals surface area (Å²) >= 11 is 5.72. The number of carboxylic acid groups (broad SMARTS) is 1. The quantitative estimate of drug-likeness (QED) is 0.897. The maximum atomic E-state index is 12.8. The van der Waals surface area contributed by atoms with E-state index in [9.17, 15) is 22.8 Å². The zero-order valence-electron chi connectivity index (χ0n) is 10.4. The normalized spacial score (nSPS) is 14.5. The van der Waals surface area contributed by atoms with E-state index >= 15 is 0 Å². The number of carbonyl (C=O) groups excluding carboxylic acids is 1. The molecule has 0 radical (unpaired) electrons. The van der Waals surface area contributed by atoms with Gasteiger partial charge >= 0.3 is 12.1 Å². The van der Waals surface area contributed by atoms with Gasteiger partial charge in [-0.2, -0.15) is 13.2 Å². The van der Waals surface area contributed by atoms with Crippen molar-refractivity contribution in [2.24, 2.45) is 0 Å². The fourth-order valence-corrected chi connectivity index (χ4v) is 1.53. The lowest BCUT2D eigenvalue weighted by atomic mass is 10.0. The number of aromatic nitrogens is 1. The topological polar surface area (TPSA) is 79.3 Å². The summed E-state index contributed by atoms with van der Waals surface area (Å²) in [5, 5.41) is 10.00. The van der Waals surface area contributed by atoms with E-state index in [1.807, 2.05) is 0 Å². The third kappa shape index (κ3) is 3.01. The Morgan fingerprint density at radius 3 is 2.35 bits per heavy atom. The predicted octanol–water partition coefficient (Wildman–Crippen LogP) is 2.18. The van der Waals surface area contributed by atoms with Crippen LogP contribution in [-0.2, 0) is 4.79 Å². The molecule has 0 fully saturated rings. The highest BCUT2D eigenvalue weighted by atomic mass is 35.5. The zero-order valence-corrected chi connectivity index (χ0v) is 11.1. The molecule has 1 aromatic heterocycles. The molecule has 1 atom stereocenters. The molecular weight excluding hydrogens is 301 g/mol. The number of aryl methyl sites for hydroxylation is 1. The van der Waals surface area contributed by atoms with E-state index in [0.717, 1.165) is 6.20 Å². The van der Waals surface area contributed by atoms with E-state index in [0.29, 0.717) is 12.6 Å². The molecule has 0 spiro atoms. The number of halogens is 4. The number of carboxylic acids is 1. The maximum absolute atomic E-state index is 12.8. The van der Waals surface area contributed by atoms with Crippen LogP contribution in [0.25, 0.3) is 0 Å². The Kier molecular flexibility index (Phi) is 4.28. The van der Waals surface area contributed by atoms with Gasteiger partial charge in [-0.15, -0.1) is 0 Å². The Labute approximate surface area is 116 Å². The molecule has 1 unspecified atom stereocenters. The molecule has 1 rings (SSSR count). The smallest absolute Gasteiger partial charge is 0.422 e. The van der Waals surface area contributed by atoms with Gasteiger partial charge < -0.3 is 10.4 Å². The summed E-state index contributed by atoms with van der Waals surface area (Å²) in [5.41, 5.74) is -3.30. The molecule has 0 saturated carbocycles. The van der Waals surface area contributed by atoms with Gasteiger partial charge in [-0.25, -0.2) is 4.79 Å². The Morgan fingerprint density at radius 2 is 1.95 bits per heavy atom. The van der Waals surface area contributed by atoms with Crippen molar-refractivity contribution < 1.29 is 27.9 Å². The van der Waals surface area contributed by atoms with Crippen molar-refractivity contribution in [2.45, 2.75) is 25.6 Å². The Morgan fingerprint density at radius 1 is 1.40 bits per heavy atom. The van der Waals surface area contributed by atoms with Gasteiger partial charge in [0.1, 0.15) is 0 Å². The minimum Gasteiger partial charge on any atom is -0.479 e. The number of nitrogens with zero attached hydrogens (tertiary/aromatic N) is 1. The minimum atomic E-state index is -5.17. The summed E-state index contributed by atoms with van der Waals surface area (Å²) in [4.78, 5) is 26.3. The first-order valence-electron chi connectivity index (χ1n) is 5.24. The first-order valence-corrected chi connectivity index (χ1v) is 5.61. The van der Waals surface area contributed by atoms with Crippen molar-refractivity contribution in [2.75, 3.05) is 0 Å². The lowest BCUT2D eigenvalue weighted by molar-refractivity contribution is -0.203. The van der Waals surface area contributed by atoms with Crippen LogP contribution in [0, 0.1) is 6.92 Å². The van der Waals surface area contributed by atoms with Crippen LogP contribution in [0.5, 0.6) is 0 Å². The van der Waals surface area contributed by atoms with Gasteiger partial charge in [0, 0.05) is 11.9 Å². The molecule has 110 valence electrons. The van der Waals surface area contributed by atoms with Crippen LogP contribution >= 0.6 is 11.6 Å². The molecule has 20 heavy (non-hydrogen) atoms. The third-order valence-electron chi connectivity index (χ3n) is 2.59. The minimum absolute atomic E-state index is 0.120. The summed E-state index contributed by atoms with van der Waals surface area (Å²) < 4.78 is 38.3. The van der Waals surface area contributed by atoms with E-state index in [1.54, 1.807) is 6.92 Å². The van der Waals surface area contributed by atoms with Gasteiger partial charge in [-0.05, 0) is 19.9 Å². The van der Waals surface area contributed by atoms with Crippen LogP contribution < -0.4 is 5.32 Å². The van der Waals surface area contributed by atoms with E-state index in [-0.39, 0.29) is 10.6 Å². The van der Waals surface area contributed by atoms with Gasteiger partial charge in [-0.1, -0.05) is 11.6 Å². The molecule has 0 aliphatic heterocycles. The van der Waals surface area contributed by atoms with E-state index < -0.39 is 23.6 Å². The first kappa shape index (κ1) is 16.2. The highest BCUT2D eigenvalue weighted by Gasteiger charge is 2.58.